The second-order valence-electron chi connectivity index (χ2n) is 7.43. The highest BCUT2D eigenvalue weighted by atomic mass is 16.7. The summed E-state index contributed by atoms with van der Waals surface area (Å²) in [6.07, 6.45) is 4.41. The number of carboxylic acid groups (broad SMARTS) is 1. The van der Waals surface area contributed by atoms with Crippen molar-refractivity contribution in [3.8, 4) is 5.75 Å². The quantitative estimate of drug-likeness (QED) is 0.598. The lowest BCUT2D eigenvalue weighted by Gasteiger charge is -2.29. The predicted molar refractivity (Wildman–Crippen MR) is 103 cm³/mol. The van der Waals surface area contributed by atoms with Crippen LogP contribution >= 0.6 is 0 Å². The Hall–Kier alpha value is -3.10. The van der Waals surface area contributed by atoms with Crippen LogP contribution < -0.4 is 15.8 Å². The fourth-order valence-electron chi connectivity index (χ4n) is 3.71. The minimum Gasteiger partial charge on any atom is -0.483 e. The van der Waals surface area contributed by atoms with Crippen molar-refractivity contribution in [2.24, 2.45) is 10.9 Å². The Bertz CT molecular complexity index is 818. The highest BCUT2D eigenvalue weighted by Gasteiger charge is 2.49. The summed E-state index contributed by atoms with van der Waals surface area (Å²) in [5.41, 5.74) is 4.42. The van der Waals surface area contributed by atoms with Crippen molar-refractivity contribution in [2.75, 3.05) is 6.61 Å². The number of nitrogens with two attached hydrogens (primary N) is 1. The third-order valence-corrected chi connectivity index (χ3v) is 5.14. The van der Waals surface area contributed by atoms with Gasteiger partial charge in [0.05, 0.1) is 12.1 Å². The molecule has 1 atom stereocenters. The molecule has 0 bridgehead atoms. The van der Waals surface area contributed by atoms with Gasteiger partial charge in [-0.15, -0.1) is 0 Å². The summed E-state index contributed by atoms with van der Waals surface area (Å²) in [6, 6.07) is 6.82. The third kappa shape index (κ3) is 5.04. The van der Waals surface area contributed by atoms with Crippen LogP contribution in [0.1, 0.15) is 50.5 Å². The number of para-hydroxylation sites is 1. The van der Waals surface area contributed by atoms with E-state index in [-0.39, 0.29) is 19.1 Å². The summed E-state index contributed by atoms with van der Waals surface area (Å²) < 4.78 is 5.41. The molecule has 1 aliphatic heterocycles. The largest absolute Gasteiger partial charge is 0.483 e. The van der Waals surface area contributed by atoms with Crippen molar-refractivity contribution >= 4 is 23.5 Å². The minimum absolute atomic E-state index is 0.0146. The molecular formula is C20H25N3O6. The Balaban J connectivity index is 1.78. The van der Waals surface area contributed by atoms with E-state index < -0.39 is 29.8 Å². The van der Waals surface area contributed by atoms with Crippen molar-refractivity contribution in [1.82, 2.24) is 5.32 Å². The fraction of sp³-hybridized carbons (Fsp3) is 0.500. The number of nitrogens with one attached hydrogen (secondary N) is 1. The number of carboxylic acids is 1. The van der Waals surface area contributed by atoms with Crippen molar-refractivity contribution < 1.29 is 29.1 Å². The van der Waals surface area contributed by atoms with Crippen LogP contribution in [0.4, 0.5) is 0 Å². The molecule has 1 aromatic carbocycles. The van der Waals surface area contributed by atoms with Crippen LogP contribution in [0.3, 0.4) is 0 Å². The molecule has 0 aromatic heterocycles. The number of oxime groups is 1. The van der Waals surface area contributed by atoms with Gasteiger partial charge in [-0.05, 0) is 25.0 Å². The highest BCUT2D eigenvalue weighted by molar-refractivity contribution is 6.08. The van der Waals surface area contributed by atoms with E-state index >= 15 is 0 Å². The van der Waals surface area contributed by atoms with Crippen molar-refractivity contribution in [1.29, 1.82) is 0 Å². The minimum atomic E-state index is -1.62. The Morgan fingerprint density at radius 2 is 1.97 bits per heavy atom. The van der Waals surface area contributed by atoms with Gasteiger partial charge in [0.15, 0.2) is 6.61 Å². The lowest BCUT2D eigenvalue weighted by molar-refractivity contribution is -0.156. The molecule has 3 rings (SSSR count). The molecule has 0 radical (unpaired) electrons. The number of carbonyl (C=O) groups is 3. The van der Waals surface area contributed by atoms with Crippen LogP contribution in [-0.2, 0) is 19.2 Å². The maximum Gasteiger partial charge on any atom is 0.308 e. The Morgan fingerprint density at radius 3 is 2.66 bits per heavy atom. The molecule has 1 unspecified atom stereocenters. The topological polar surface area (TPSA) is 140 Å². The van der Waals surface area contributed by atoms with Crippen LogP contribution in [0, 0.1) is 0 Å². The van der Waals surface area contributed by atoms with Crippen LogP contribution in [-0.4, -0.2) is 46.9 Å². The maximum atomic E-state index is 13.0. The van der Waals surface area contributed by atoms with E-state index in [1.54, 1.807) is 24.3 Å². The lowest BCUT2D eigenvalue weighted by Crippen LogP contribution is -2.52. The second kappa shape index (κ2) is 8.93. The number of primary amides is 1. The SMILES string of the molecule is NC(=O)COc1ccccc1C1=NOC(CC(=O)O)(C(=O)NC2CCCCC2)C1. The van der Waals surface area contributed by atoms with Gasteiger partial charge < -0.3 is 25.7 Å². The molecule has 0 saturated heterocycles. The van der Waals surface area contributed by atoms with Gasteiger partial charge in [0, 0.05) is 18.0 Å². The number of benzene rings is 1. The number of ether oxygens (including phenoxy) is 1. The summed E-state index contributed by atoms with van der Waals surface area (Å²) in [6.45, 7) is -0.312. The van der Waals surface area contributed by atoms with Crippen LogP contribution in [0.5, 0.6) is 5.75 Å². The molecule has 2 amide bonds. The lowest BCUT2D eigenvalue weighted by atomic mass is 9.88. The summed E-state index contributed by atoms with van der Waals surface area (Å²) in [7, 11) is 0. The summed E-state index contributed by atoms with van der Waals surface area (Å²) >= 11 is 0. The number of amides is 2. The summed E-state index contributed by atoms with van der Waals surface area (Å²) in [4.78, 5) is 40.9. The normalized spacial score (nSPS) is 21.7. The van der Waals surface area contributed by atoms with Gasteiger partial charge in [-0.25, -0.2) is 0 Å². The zero-order chi connectivity index (χ0) is 20.9. The average molecular weight is 403 g/mol. The fourth-order valence-corrected chi connectivity index (χ4v) is 3.71. The standard InChI is InChI=1S/C20H25N3O6/c21-17(24)12-28-16-9-5-4-8-14(16)15-10-20(29-23-15,11-18(25)26)19(27)22-13-6-2-1-3-7-13/h4-5,8-9,13H,1-3,6-7,10-12H2,(H2,21,24)(H,22,27)(H,25,26). The van der Waals surface area contributed by atoms with Gasteiger partial charge in [-0.1, -0.05) is 36.6 Å². The van der Waals surface area contributed by atoms with Gasteiger partial charge in [0.25, 0.3) is 11.8 Å². The number of aliphatic carboxylic acids is 1. The first-order valence-electron chi connectivity index (χ1n) is 9.68. The molecule has 9 heteroatoms. The van der Waals surface area contributed by atoms with Gasteiger partial charge in [0.2, 0.25) is 5.60 Å². The number of hydrogen-bond donors (Lipinski definition) is 3. The van der Waals surface area contributed by atoms with E-state index in [9.17, 15) is 19.5 Å². The molecule has 1 fully saturated rings. The molecule has 1 aromatic rings. The average Bonchev–Trinajstić information content (AvgIpc) is 3.12. The van der Waals surface area contributed by atoms with E-state index in [4.69, 9.17) is 15.3 Å². The molecule has 9 nitrogen and oxygen atoms in total. The molecule has 4 N–H and O–H groups in total. The smallest absolute Gasteiger partial charge is 0.308 e. The zero-order valence-corrected chi connectivity index (χ0v) is 16.1. The molecule has 1 heterocycles. The van der Waals surface area contributed by atoms with Gasteiger partial charge in [-0.3, -0.25) is 14.4 Å². The summed E-state index contributed by atoms with van der Waals surface area (Å²) in [5.74, 6) is -1.90. The van der Waals surface area contributed by atoms with E-state index in [1.807, 2.05) is 0 Å². The van der Waals surface area contributed by atoms with Gasteiger partial charge in [0.1, 0.15) is 5.75 Å². The third-order valence-electron chi connectivity index (χ3n) is 5.14. The van der Waals surface area contributed by atoms with E-state index in [0.717, 1.165) is 32.1 Å². The number of hydrogen-bond acceptors (Lipinski definition) is 6. The number of carbonyl (C=O) groups excluding carboxylic acids is 2. The highest BCUT2D eigenvalue weighted by Crippen LogP contribution is 2.34. The number of rotatable bonds is 8. The Morgan fingerprint density at radius 1 is 1.24 bits per heavy atom. The van der Waals surface area contributed by atoms with Gasteiger partial charge in [-0.2, -0.15) is 0 Å². The maximum absolute atomic E-state index is 13.0. The van der Waals surface area contributed by atoms with E-state index in [0.29, 0.717) is 17.0 Å². The van der Waals surface area contributed by atoms with Crippen molar-refractivity contribution in [2.45, 2.75) is 56.6 Å². The summed E-state index contributed by atoms with van der Waals surface area (Å²) in [5, 5.41) is 16.3. The van der Waals surface area contributed by atoms with Crippen LogP contribution in [0.25, 0.3) is 0 Å². The first-order valence-corrected chi connectivity index (χ1v) is 9.68. The van der Waals surface area contributed by atoms with E-state index in [1.165, 1.54) is 0 Å². The molecule has 156 valence electrons. The van der Waals surface area contributed by atoms with Gasteiger partial charge >= 0.3 is 5.97 Å². The van der Waals surface area contributed by atoms with Crippen LogP contribution in [0.15, 0.2) is 29.4 Å². The molecule has 0 spiro atoms. The molecular weight excluding hydrogens is 378 g/mol. The Kier molecular flexibility index (Phi) is 6.36. The monoisotopic (exact) mass is 403 g/mol. The van der Waals surface area contributed by atoms with Crippen molar-refractivity contribution in [3.63, 3.8) is 0 Å². The molecule has 29 heavy (non-hydrogen) atoms. The number of nitrogens with zero attached hydrogens (tertiary/aromatic N) is 1. The van der Waals surface area contributed by atoms with E-state index in [2.05, 4.69) is 10.5 Å². The molecule has 1 aliphatic carbocycles. The second-order valence-corrected chi connectivity index (χ2v) is 7.43. The van der Waals surface area contributed by atoms with Crippen LogP contribution in [0.2, 0.25) is 0 Å². The first kappa shape index (κ1) is 20.6. The molecule has 2 aliphatic rings. The molecule has 1 saturated carbocycles. The Labute approximate surface area is 168 Å². The predicted octanol–water partition coefficient (Wildman–Crippen LogP) is 1.34. The van der Waals surface area contributed by atoms with Crippen molar-refractivity contribution in [3.05, 3.63) is 29.8 Å². The zero-order valence-electron chi connectivity index (χ0n) is 16.1. The first-order chi connectivity index (χ1) is 13.9.